The van der Waals surface area contributed by atoms with Crippen LogP contribution in [0.1, 0.15) is 21.7 Å². The molecule has 0 bridgehead atoms. The number of aromatic nitrogens is 1. The fraction of sp³-hybridized carbons (Fsp3) is 0.312. The number of benzene rings is 1. The first-order valence-corrected chi connectivity index (χ1v) is 9.25. The van der Waals surface area contributed by atoms with Crippen LogP contribution in [0.4, 0.5) is 0 Å². The highest BCUT2D eigenvalue weighted by atomic mass is 32.2. The molecule has 136 valence electrons. The smallest absolute Gasteiger partial charge is 0.268 e. The van der Waals surface area contributed by atoms with Crippen LogP contribution >= 0.6 is 0 Å². The van der Waals surface area contributed by atoms with E-state index in [0.29, 0.717) is 17.2 Å². The molecule has 2 aromatic rings. The number of amides is 1. The van der Waals surface area contributed by atoms with Crippen molar-refractivity contribution in [1.29, 1.82) is 0 Å². The lowest BCUT2D eigenvalue weighted by Crippen LogP contribution is -2.41. The summed E-state index contributed by atoms with van der Waals surface area (Å²) in [6.07, 6.45) is 0.947. The van der Waals surface area contributed by atoms with Crippen LogP contribution in [-0.2, 0) is 10.0 Å². The number of ether oxygens (including phenoxy) is 2. The maximum absolute atomic E-state index is 12.5. The summed E-state index contributed by atoms with van der Waals surface area (Å²) >= 11 is 0. The average Bonchev–Trinajstić information content (AvgIpc) is 2.89. The molecule has 0 atom stereocenters. The van der Waals surface area contributed by atoms with Crippen LogP contribution in [0.2, 0.25) is 0 Å². The second-order valence-corrected chi connectivity index (χ2v) is 7.25. The molecule has 0 fully saturated rings. The highest BCUT2D eigenvalue weighted by molar-refractivity contribution is 7.88. The van der Waals surface area contributed by atoms with Gasteiger partial charge in [0.2, 0.25) is 10.0 Å². The van der Waals surface area contributed by atoms with Gasteiger partial charge in [0, 0.05) is 17.5 Å². The number of sulfonamides is 1. The van der Waals surface area contributed by atoms with Crippen LogP contribution in [0.15, 0.2) is 24.3 Å². The van der Waals surface area contributed by atoms with Gasteiger partial charge in [-0.15, -0.1) is 4.83 Å². The third kappa shape index (κ3) is 4.12. The van der Waals surface area contributed by atoms with Gasteiger partial charge in [-0.1, -0.05) is 0 Å². The second kappa shape index (κ2) is 7.16. The number of hydrogen-bond acceptors (Lipinski definition) is 5. The summed E-state index contributed by atoms with van der Waals surface area (Å²) in [5.74, 6) is 0.199. The van der Waals surface area contributed by atoms with Crippen LogP contribution in [0.5, 0.6) is 11.5 Å². The maximum atomic E-state index is 12.5. The van der Waals surface area contributed by atoms with E-state index in [-0.39, 0.29) is 5.56 Å². The monoisotopic (exact) mass is 367 g/mol. The van der Waals surface area contributed by atoms with Crippen molar-refractivity contribution in [2.75, 3.05) is 20.5 Å². The zero-order chi connectivity index (χ0) is 18.8. The van der Waals surface area contributed by atoms with Gasteiger partial charge in [0.1, 0.15) is 0 Å². The summed E-state index contributed by atoms with van der Waals surface area (Å²) in [5.41, 5.74) is 4.79. The SMILES string of the molecule is COc1cc(C(=O)NNS(C)(=O)=O)c(-n2c(C)ccc2C)cc1OC. The maximum Gasteiger partial charge on any atom is 0.268 e. The van der Waals surface area contributed by atoms with Crippen molar-refractivity contribution < 1.29 is 22.7 Å². The first-order chi connectivity index (χ1) is 11.7. The average molecular weight is 367 g/mol. The quantitative estimate of drug-likeness (QED) is 0.750. The fourth-order valence-corrected chi connectivity index (χ4v) is 2.77. The summed E-state index contributed by atoms with van der Waals surface area (Å²) < 4.78 is 34.9. The Morgan fingerprint density at radius 3 is 2.04 bits per heavy atom. The summed E-state index contributed by atoms with van der Waals surface area (Å²) in [4.78, 5) is 14.5. The Kier molecular flexibility index (Phi) is 5.39. The molecule has 0 aliphatic heterocycles. The van der Waals surface area contributed by atoms with Gasteiger partial charge < -0.3 is 14.0 Å². The second-order valence-electron chi connectivity index (χ2n) is 5.50. The van der Waals surface area contributed by atoms with Gasteiger partial charge in [0.05, 0.1) is 31.7 Å². The zero-order valence-electron chi connectivity index (χ0n) is 14.7. The molecular formula is C16H21N3O5S. The number of hydrazine groups is 1. The van der Waals surface area contributed by atoms with Crippen molar-refractivity contribution in [3.63, 3.8) is 0 Å². The van der Waals surface area contributed by atoms with Crippen molar-refractivity contribution in [3.05, 3.63) is 41.2 Å². The van der Waals surface area contributed by atoms with Crippen LogP contribution in [0.3, 0.4) is 0 Å². The number of rotatable bonds is 6. The van der Waals surface area contributed by atoms with Crippen molar-refractivity contribution in [3.8, 4) is 17.2 Å². The minimum Gasteiger partial charge on any atom is -0.493 e. The summed E-state index contributed by atoms with van der Waals surface area (Å²) in [6, 6.07) is 7.02. The number of carbonyl (C=O) groups excluding carboxylic acids is 1. The zero-order valence-corrected chi connectivity index (χ0v) is 15.5. The van der Waals surface area contributed by atoms with E-state index in [1.165, 1.54) is 20.3 Å². The molecule has 1 heterocycles. The molecule has 0 unspecified atom stereocenters. The molecule has 0 spiro atoms. The number of nitrogens with zero attached hydrogens (tertiary/aromatic N) is 1. The third-order valence-electron chi connectivity index (χ3n) is 3.61. The molecule has 8 nitrogen and oxygen atoms in total. The topological polar surface area (TPSA) is 98.7 Å². The Balaban J connectivity index is 2.62. The predicted octanol–water partition coefficient (Wildman–Crippen LogP) is 1.31. The Morgan fingerprint density at radius 1 is 1.04 bits per heavy atom. The third-order valence-corrected chi connectivity index (χ3v) is 4.08. The Bertz CT molecular complexity index is 883. The lowest BCUT2D eigenvalue weighted by atomic mass is 10.1. The van der Waals surface area contributed by atoms with Gasteiger partial charge in [-0.2, -0.15) is 0 Å². The lowest BCUT2D eigenvalue weighted by Gasteiger charge is -2.18. The van der Waals surface area contributed by atoms with Crippen LogP contribution < -0.4 is 19.7 Å². The van der Waals surface area contributed by atoms with E-state index >= 15 is 0 Å². The molecule has 2 N–H and O–H groups in total. The summed E-state index contributed by atoms with van der Waals surface area (Å²) in [7, 11) is -0.623. The van der Waals surface area contributed by atoms with E-state index < -0.39 is 15.9 Å². The fourth-order valence-electron chi connectivity index (χ4n) is 2.49. The molecule has 1 aromatic heterocycles. The molecule has 25 heavy (non-hydrogen) atoms. The van der Waals surface area contributed by atoms with Crippen molar-refractivity contribution in [1.82, 2.24) is 14.8 Å². The molecule has 0 aliphatic carbocycles. The molecule has 0 aliphatic rings. The molecule has 0 radical (unpaired) electrons. The summed E-state index contributed by atoms with van der Waals surface area (Å²) in [5, 5.41) is 0. The van der Waals surface area contributed by atoms with E-state index in [0.717, 1.165) is 17.6 Å². The molecule has 2 rings (SSSR count). The standard InChI is InChI=1S/C16H21N3O5S/c1-10-6-7-11(2)19(10)13-9-15(24-4)14(23-3)8-12(13)16(20)17-18-25(5,21)22/h6-9,18H,1-5H3,(H,17,20). The highest BCUT2D eigenvalue weighted by Gasteiger charge is 2.20. The van der Waals surface area contributed by atoms with E-state index in [2.05, 4.69) is 5.43 Å². The van der Waals surface area contributed by atoms with Crippen LogP contribution in [0, 0.1) is 13.8 Å². The molecule has 0 saturated heterocycles. The van der Waals surface area contributed by atoms with Gasteiger partial charge >= 0.3 is 0 Å². The number of carbonyl (C=O) groups is 1. The lowest BCUT2D eigenvalue weighted by molar-refractivity contribution is 0.0945. The van der Waals surface area contributed by atoms with Gasteiger partial charge in [-0.05, 0) is 32.0 Å². The van der Waals surface area contributed by atoms with E-state index in [9.17, 15) is 13.2 Å². The van der Waals surface area contributed by atoms with Crippen molar-refractivity contribution in [2.45, 2.75) is 13.8 Å². The number of aryl methyl sites for hydroxylation is 2. The first kappa shape index (κ1) is 18.8. The number of hydrogen-bond donors (Lipinski definition) is 2. The van der Waals surface area contributed by atoms with Crippen molar-refractivity contribution in [2.24, 2.45) is 0 Å². The number of nitrogens with one attached hydrogen (secondary N) is 2. The number of methoxy groups -OCH3 is 2. The van der Waals surface area contributed by atoms with Crippen LogP contribution in [-0.4, -0.2) is 39.4 Å². The first-order valence-electron chi connectivity index (χ1n) is 7.36. The molecular weight excluding hydrogens is 346 g/mol. The molecule has 1 amide bonds. The normalized spacial score (nSPS) is 11.2. The Hall–Kier alpha value is -2.52. The van der Waals surface area contributed by atoms with E-state index in [1.807, 2.05) is 35.4 Å². The van der Waals surface area contributed by atoms with Gasteiger partial charge in [0.25, 0.3) is 5.91 Å². The van der Waals surface area contributed by atoms with Gasteiger partial charge in [0.15, 0.2) is 11.5 Å². The predicted molar refractivity (Wildman–Crippen MR) is 93.8 cm³/mol. The van der Waals surface area contributed by atoms with E-state index in [1.54, 1.807) is 6.07 Å². The largest absolute Gasteiger partial charge is 0.493 e. The van der Waals surface area contributed by atoms with Crippen LogP contribution in [0.25, 0.3) is 5.69 Å². The highest BCUT2D eigenvalue weighted by Crippen LogP contribution is 2.33. The minimum atomic E-state index is -3.58. The Morgan fingerprint density at radius 2 is 1.56 bits per heavy atom. The molecule has 9 heteroatoms. The Labute approximate surface area is 146 Å². The summed E-state index contributed by atoms with van der Waals surface area (Å²) in [6.45, 7) is 3.81. The van der Waals surface area contributed by atoms with Gasteiger partial charge in [-0.25, -0.2) is 8.42 Å². The molecule has 0 saturated carbocycles. The van der Waals surface area contributed by atoms with Crippen molar-refractivity contribution >= 4 is 15.9 Å². The molecule has 1 aromatic carbocycles. The minimum absolute atomic E-state index is 0.233. The van der Waals surface area contributed by atoms with Gasteiger partial charge in [-0.3, -0.25) is 10.2 Å². The van der Waals surface area contributed by atoms with E-state index in [4.69, 9.17) is 9.47 Å².